The van der Waals surface area contributed by atoms with Crippen molar-refractivity contribution >= 4 is 24.2 Å². The van der Waals surface area contributed by atoms with Crippen LogP contribution in [0.1, 0.15) is 5.56 Å². The summed E-state index contributed by atoms with van der Waals surface area (Å²) >= 11 is 1.84. The van der Waals surface area contributed by atoms with Crippen LogP contribution < -0.4 is 5.32 Å². The summed E-state index contributed by atoms with van der Waals surface area (Å²) < 4.78 is 12.8. The number of hydrogen-bond acceptors (Lipinski definition) is 2. The molecule has 90 valence electrons. The number of thioether (sulfide) groups is 1. The van der Waals surface area contributed by atoms with E-state index in [9.17, 15) is 4.39 Å². The fourth-order valence-electron chi connectivity index (χ4n) is 1.19. The molecule has 1 aromatic rings. The monoisotopic (exact) mass is 261 g/mol. The van der Waals surface area contributed by atoms with Crippen LogP contribution in [0.15, 0.2) is 36.9 Å². The van der Waals surface area contributed by atoms with Crippen LogP contribution in [0.5, 0.6) is 0 Å². The van der Waals surface area contributed by atoms with E-state index >= 15 is 0 Å². The van der Waals surface area contributed by atoms with Crippen molar-refractivity contribution < 1.29 is 4.39 Å². The van der Waals surface area contributed by atoms with Crippen LogP contribution in [0.4, 0.5) is 4.39 Å². The first kappa shape index (κ1) is 15.5. The first-order chi connectivity index (χ1) is 7.33. The molecule has 0 unspecified atom stereocenters. The quantitative estimate of drug-likeness (QED) is 0.597. The molecule has 0 aromatic heterocycles. The van der Waals surface area contributed by atoms with Gasteiger partial charge in [-0.05, 0) is 17.7 Å². The summed E-state index contributed by atoms with van der Waals surface area (Å²) in [6.07, 6.45) is 1.90. The minimum atomic E-state index is -0.171. The molecule has 0 aliphatic carbocycles. The number of halogens is 2. The zero-order valence-corrected chi connectivity index (χ0v) is 10.7. The van der Waals surface area contributed by atoms with Crippen LogP contribution in [-0.4, -0.2) is 18.1 Å². The molecule has 1 aromatic carbocycles. The smallest absolute Gasteiger partial charge is 0.123 e. The van der Waals surface area contributed by atoms with E-state index in [-0.39, 0.29) is 18.2 Å². The van der Waals surface area contributed by atoms with Gasteiger partial charge in [-0.3, -0.25) is 0 Å². The predicted octanol–water partition coefficient (Wildman–Crippen LogP) is 3.26. The molecule has 0 amide bonds. The van der Waals surface area contributed by atoms with Gasteiger partial charge in [-0.2, -0.15) is 11.8 Å². The molecule has 0 saturated carbocycles. The molecule has 0 saturated heterocycles. The molecule has 0 radical (unpaired) electrons. The summed E-state index contributed by atoms with van der Waals surface area (Å²) in [4.78, 5) is 0. The molecular weight excluding hydrogens is 245 g/mol. The van der Waals surface area contributed by atoms with Gasteiger partial charge in [-0.15, -0.1) is 19.0 Å². The Morgan fingerprint density at radius 3 is 2.94 bits per heavy atom. The summed E-state index contributed by atoms with van der Waals surface area (Å²) in [5.41, 5.74) is 0.990. The molecule has 0 aliphatic heterocycles. The fourth-order valence-corrected chi connectivity index (χ4v) is 1.81. The van der Waals surface area contributed by atoms with Crippen molar-refractivity contribution in [2.45, 2.75) is 6.54 Å². The lowest BCUT2D eigenvalue weighted by Crippen LogP contribution is -2.16. The van der Waals surface area contributed by atoms with Gasteiger partial charge in [0.15, 0.2) is 0 Å². The highest BCUT2D eigenvalue weighted by atomic mass is 35.5. The van der Waals surface area contributed by atoms with Gasteiger partial charge in [0.2, 0.25) is 0 Å². The summed E-state index contributed by atoms with van der Waals surface area (Å²) in [5.74, 6) is 1.87. The minimum Gasteiger partial charge on any atom is -0.312 e. The molecule has 0 heterocycles. The molecule has 1 nitrogen and oxygen atoms in total. The Labute approximate surface area is 107 Å². The zero-order valence-electron chi connectivity index (χ0n) is 9.12. The van der Waals surface area contributed by atoms with Crippen molar-refractivity contribution in [3.63, 3.8) is 0 Å². The molecule has 0 aliphatic rings. The van der Waals surface area contributed by atoms with Crippen LogP contribution in [-0.2, 0) is 6.54 Å². The molecule has 0 fully saturated rings. The summed E-state index contributed by atoms with van der Waals surface area (Å²) in [5, 5.41) is 3.27. The van der Waals surface area contributed by atoms with E-state index in [1.807, 2.05) is 23.9 Å². The zero-order chi connectivity index (χ0) is 10.9. The van der Waals surface area contributed by atoms with E-state index in [2.05, 4.69) is 11.9 Å². The van der Waals surface area contributed by atoms with Crippen molar-refractivity contribution in [2.24, 2.45) is 0 Å². The lowest BCUT2D eigenvalue weighted by molar-refractivity contribution is 0.622. The van der Waals surface area contributed by atoms with Crippen molar-refractivity contribution in [3.05, 3.63) is 48.3 Å². The maximum Gasteiger partial charge on any atom is 0.123 e. The van der Waals surface area contributed by atoms with Crippen molar-refractivity contribution in [3.8, 4) is 0 Å². The van der Waals surface area contributed by atoms with E-state index < -0.39 is 0 Å². The molecule has 0 atom stereocenters. The molecule has 16 heavy (non-hydrogen) atoms. The standard InChI is InChI=1S/C12H16FNS.ClH/c1-2-7-15-8-6-14-10-11-4-3-5-12(13)9-11;/h2-5,9,14H,1,6-8,10H2;1H. The normalized spacial score (nSPS) is 9.56. The summed E-state index contributed by atoms with van der Waals surface area (Å²) in [6, 6.07) is 6.68. The molecular formula is C12H17ClFNS. The Kier molecular flexibility index (Phi) is 9.39. The Morgan fingerprint density at radius 1 is 1.44 bits per heavy atom. The Bertz CT molecular complexity index is 307. The van der Waals surface area contributed by atoms with Gasteiger partial charge in [0.25, 0.3) is 0 Å². The largest absolute Gasteiger partial charge is 0.312 e. The predicted molar refractivity (Wildman–Crippen MR) is 72.9 cm³/mol. The average Bonchev–Trinajstić information content (AvgIpc) is 2.23. The Hall–Kier alpha value is -0.510. The van der Waals surface area contributed by atoms with Crippen LogP contribution in [0.25, 0.3) is 0 Å². The van der Waals surface area contributed by atoms with Crippen LogP contribution >= 0.6 is 24.2 Å². The van der Waals surface area contributed by atoms with E-state index in [4.69, 9.17) is 0 Å². The van der Waals surface area contributed by atoms with Gasteiger partial charge in [-0.1, -0.05) is 18.2 Å². The first-order valence-electron chi connectivity index (χ1n) is 4.96. The van der Waals surface area contributed by atoms with Gasteiger partial charge in [0, 0.05) is 24.6 Å². The van der Waals surface area contributed by atoms with Gasteiger partial charge in [0.1, 0.15) is 5.82 Å². The fraction of sp³-hybridized carbons (Fsp3) is 0.333. The third-order valence-electron chi connectivity index (χ3n) is 1.88. The first-order valence-corrected chi connectivity index (χ1v) is 6.12. The molecule has 1 rings (SSSR count). The Balaban J connectivity index is 0.00000225. The van der Waals surface area contributed by atoms with Crippen LogP contribution in [0, 0.1) is 5.82 Å². The third kappa shape index (κ3) is 6.88. The third-order valence-corrected chi connectivity index (χ3v) is 2.84. The Morgan fingerprint density at radius 2 is 2.25 bits per heavy atom. The minimum absolute atomic E-state index is 0. The van der Waals surface area contributed by atoms with E-state index in [0.717, 1.165) is 30.2 Å². The summed E-state index contributed by atoms with van der Waals surface area (Å²) in [6.45, 7) is 5.32. The number of rotatable bonds is 7. The topological polar surface area (TPSA) is 12.0 Å². The van der Waals surface area contributed by atoms with Gasteiger partial charge < -0.3 is 5.32 Å². The molecule has 1 N–H and O–H groups in total. The van der Waals surface area contributed by atoms with Crippen molar-refractivity contribution in [2.75, 3.05) is 18.1 Å². The second-order valence-electron chi connectivity index (χ2n) is 3.17. The van der Waals surface area contributed by atoms with E-state index in [0.29, 0.717) is 0 Å². The summed E-state index contributed by atoms with van der Waals surface area (Å²) in [7, 11) is 0. The van der Waals surface area contributed by atoms with Crippen LogP contribution in [0.2, 0.25) is 0 Å². The van der Waals surface area contributed by atoms with Crippen molar-refractivity contribution in [1.82, 2.24) is 5.32 Å². The highest BCUT2D eigenvalue weighted by Gasteiger charge is 1.94. The van der Waals surface area contributed by atoms with E-state index in [1.54, 1.807) is 12.1 Å². The van der Waals surface area contributed by atoms with Gasteiger partial charge >= 0.3 is 0 Å². The van der Waals surface area contributed by atoms with Crippen LogP contribution in [0.3, 0.4) is 0 Å². The number of benzene rings is 1. The second kappa shape index (κ2) is 9.70. The second-order valence-corrected chi connectivity index (χ2v) is 4.32. The van der Waals surface area contributed by atoms with Gasteiger partial charge in [-0.25, -0.2) is 4.39 Å². The maximum absolute atomic E-state index is 12.8. The molecule has 4 heteroatoms. The lowest BCUT2D eigenvalue weighted by atomic mass is 10.2. The number of hydrogen-bond donors (Lipinski definition) is 1. The highest BCUT2D eigenvalue weighted by Crippen LogP contribution is 2.03. The molecule has 0 spiro atoms. The van der Waals surface area contributed by atoms with E-state index in [1.165, 1.54) is 6.07 Å². The highest BCUT2D eigenvalue weighted by molar-refractivity contribution is 7.99. The van der Waals surface area contributed by atoms with Gasteiger partial charge in [0.05, 0.1) is 0 Å². The maximum atomic E-state index is 12.8. The number of nitrogens with one attached hydrogen (secondary N) is 1. The lowest BCUT2D eigenvalue weighted by Gasteiger charge is -2.04. The molecule has 0 bridgehead atoms. The average molecular weight is 262 g/mol. The van der Waals surface area contributed by atoms with Crippen molar-refractivity contribution in [1.29, 1.82) is 0 Å². The SMILES string of the molecule is C=CCSCCNCc1cccc(F)c1.Cl.